The van der Waals surface area contributed by atoms with Gasteiger partial charge < -0.3 is 20.1 Å². The average molecular weight is 292 g/mol. The van der Waals surface area contributed by atoms with Crippen LogP contribution in [-0.2, 0) is 11.3 Å². The molecule has 0 heterocycles. The fourth-order valence-electron chi connectivity index (χ4n) is 2.17. The van der Waals surface area contributed by atoms with E-state index in [1.165, 1.54) is 0 Å². The number of rotatable bonds is 7. The fourth-order valence-corrected chi connectivity index (χ4v) is 2.17. The number of hydrogen-bond acceptors (Lipinski definition) is 3. The van der Waals surface area contributed by atoms with E-state index in [0.29, 0.717) is 6.54 Å². The normalized spacial score (nSPS) is 13.6. The summed E-state index contributed by atoms with van der Waals surface area (Å²) in [5.74, 6) is -0.167. The van der Waals surface area contributed by atoms with E-state index in [-0.39, 0.29) is 25.0 Å². The van der Waals surface area contributed by atoms with E-state index >= 15 is 0 Å². The molecule has 114 valence electrons. The second kappa shape index (κ2) is 6.97. The van der Waals surface area contributed by atoms with Crippen molar-refractivity contribution in [3.63, 3.8) is 0 Å². The Morgan fingerprint density at radius 1 is 1.38 bits per heavy atom. The summed E-state index contributed by atoms with van der Waals surface area (Å²) in [4.78, 5) is 24.5. The number of amides is 2. The quantitative estimate of drug-likeness (QED) is 0.804. The summed E-state index contributed by atoms with van der Waals surface area (Å²) < 4.78 is 5.23. The van der Waals surface area contributed by atoms with Crippen LogP contribution in [0.2, 0.25) is 0 Å². The minimum absolute atomic E-state index is 0.0292. The van der Waals surface area contributed by atoms with Crippen molar-refractivity contribution in [3.05, 3.63) is 29.8 Å². The lowest BCUT2D eigenvalue weighted by Crippen LogP contribution is -2.42. The third kappa shape index (κ3) is 4.37. The number of benzene rings is 1. The molecule has 6 heteroatoms. The molecule has 0 bridgehead atoms. The molecule has 1 aliphatic carbocycles. The van der Waals surface area contributed by atoms with Crippen LogP contribution in [0.5, 0.6) is 5.75 Å². The second-order valence-corrected chi connectivity index (χ2v) is 5.04. The van der Waals surface area contributed by atoms with Crippen molar-refractivity contribution in [1.29, 1.82) is 0 Å². The van der Waals surface area contributed by atoms with Gasteiger partial charge in [-0.1, -0.05) is 18.2 Å². The predicted molar refractivity (Wildman–Crippen MR) is 77.2 cm³/mol. The van der Waals surface area contributed by atoms with Crippen LogP contribution in [0.3, 0.4) is 0 Å². The summed E-state index contributed by atoms with van der Waals surface area (Å²) in [6.07, 6.45) is 1.86. The molecule has 21 heavy (non-hydrogen) atoms. The van der Waals surface area contributed by atoms with Gasteiger partial charge in [-0.15, -0.1) is 0 Å². The Morgan fingerprint density at radius 3 is 2.71 bits per heavy atom. The van der Waals surface area contributed by atoms with E-state index in [9.17, 15) is 9.59 Å². The molecule has 0 radical (unpaired) electrons. The number of nitrogens with zero attached hydrogens (tertiary/aromatic N) is 1. The number of carbonyl (C=O) groups is 2. The standard InChI is InChI=1S/C15H20N2O4/c1-21-13-5-3-2-4-11(13)10-16-15(20)17(12-6-7-12)9-8-14(18)19/h2-5,12H,6-10H2,1H3,(H,16,20)(H,18,19). The molecule has 6 nitrogen and oxygen atoms in total. The molecular formula is C15H20N2O4. The molecule has 0 atom stereocenters. The van der Waals surface area contributed by atoms with Crippen LogP contribution in [0, 0.1) is 0 Å². The van der Waals surface area contributed by atoms with Gasteiger partial charge in [0.05, 0.1) is 13.5 Å². The zero-order valence-electron chi connectivity index (χ0n) is 12.0. The number of carboxylic acids is 1. The van der Waals surface area contributed by atoms with E-state index in [2.05, 4.69) is 5.32 Å². The minimum Gasteiger partial charge on any atom is -0.496 e. The maximum Gasteiger partial charge on any atom is 0.317 e. The molecule has 1 aromatic carbocycles. The Labute approximate surface area is 123 Å². The third-order valence-corrected chi connectivity index (χ3v) is 3.44. The number of methoxy groups -OCH3 is 1. The monoisotopic (exact) mass is 292 g/mol. The predicted octanol–water partition coefficient (Wildman–Crippen LogP) is 1.84. The molecule has 0 unspecified atom stereocenters. The zero-order valence-corrected chi connectivity index (χ0v) is 12.0. The van der Waals surface area contributed by atoms with Crippen LogP contribution in [-0.4, -0.2) is 41.7 Å². The van der Waals surface area contributed by atoms with Gasteiger partial charge in [0.1, 0.15) is 5.75 Å². The van der Waals surface area contributed by atoms with Gasteiger partial charge in [0.2, 0.25) is 0 Å². The van der Waals surface area contributed by atoms with Gasteiger partial charge in [-0.3, -0.25) is 4.79 Å². The third-order valence-electron chi connectivity index (χ3n) is 3.44. The molecular weight excluding hydrogens is 272 g/mol. The summed E-state index contributed by atoms with van der Waals surface area (Å²) in [5.41, 5.74) is 0.891. The highest BCUT2D eigenvalue weighted by Crippen LogP contribution is 2.27. The number of ether oxygens (including phenoxy) is 1. The molecule has 1 aromatic rings. The summed E-state index contributed by atoms with van der Waals surface area (Å²) >= 11 is 0. The van der Waals surface area contributed by atoms with Crippen LogP contribution in [0.4, 0.5) is 4.79 Å². The van der Waals surface area contributed by atoms with Crippen molar-refractivity contribution in [3.8, 4) is 5.75 Å². The van der Waals surface area contributed by atoms with Crippen LogP contribution in [0.25, 0.3) is 0 Å². The molecule has 1 fully saturated rings. The first-order valence-corrected chi connectivity index (χ1v) is 7.00. The molecule has 0 aliphatic heterocycles. The molecule has 2 N–H and O–H groups in total. The Kier molecular flexibility index (Phi) is 5.03. The van der Waals surface area contributed by atoms with Crippen LogP contribution < -0.4 is 10.1 Å². The second-order valence-electron chi connectivity index (χ2n) is 5.04. The smallest absolute Gasteiger partial charge is 0.317 e. The first-order valence-electron chi connectivity index (χ1n) is 7.00. The number of aliphatic carboxylic acids is 1. The van der Waals surface area contributed by atoms with E-state index in [1.54, 1.807) is 12.0 Å². The van der Waals surface area contributed by atoms with Crippen molar-refractivity contribution in [1.82, 2.24) is 10.2 Å². The fraction of sp³-hybridized carbons (Fsp3) is 0.467. The van der Waals surface area contributed by atoms with Gasteiger partial charge in [0.15, 0.2) is 0 Å². The summed E-state index contributed by atoms with van der Waals surface area (Å²) in [5, 5.41) is 11.6. The maximum atomic E-state index is 12.2. The van der Waals surface area contributed by atoms with Crippen LogP contribution in [0.15, 0.2) is 24.3 Å². The Hall–Kier alpha value is -2.24. The largest absolute Gasteiger partial charge is 0.496 e. The van der Waals surface area contributed by atoms with E-state index in [1.807, 2.05) is 24.3 Å². The summed E-state index contributed by atoms with van der Waals surface area (Å²) in [6.45, 7) is 0.608. The maximum absolute atomic E-state index is 12.2. The molecule has 1 saturated carbocycles. The van der Waals surface area contributed by atoms with Crippen molar-refractivity contribution in [2.24, 2.45) is 0 Å². The minimum atomic E-state index is -0.891. The molecule has 0 saturated heterocycles. The average Bonchev–Trinajstić information content (AvgIpc) is 3.30. The first-order chi connectivity index (χ1) is 10.1. The number of urea groups is 1. The van der Waals surface area contributed by atoms with Gasteiger partial charge in [0.25, 0.3) is 0 Å². The molecule has 0 spiro atoms. The van der Waals surface area contributed by atoms with Gasteiger partial charge in [0, 0.05) is 24.7 Å². The summed E-state index contributed by atoms with van der Waals surface area (Å²) in [6, 6.07) is 7.44. The number of nitrogens with one attached hydrogen (secondary N) is 1. The van der Waals surface area contributed by atoms with Gasteiger partial charge >= 0.3 is 12.0 Å². The topological polar surface area (TPSA) is 78.9 Å². The van der Waals surface area contributed by atoms with Crippen molar-refractivity contribution in [2.75, 3.05) is 13.7 Å². The van der Waals surface area contributed by atoms with Gasteiger partial charge in [-0.2, -0.15) is 0 Å². The molecule has 1 aliphatic rings. The van der Waals surface area contributed by atoms with E-state index in [4.69, 9.17) is 9.84 Å². The highest BCUT2D eigenvalue weighted by molar-refractivity contribution is 5.76. The highest BCUT2D eigenvalue weighted by atomic mass is 16.5. The van der Waals surface area contributed by atoms with Crippen molar-refractivity contribution in [2.45, 2.75) is 31.8 Å². The Bertz CT molecular complexity index is 514. The number of carboxylic acid groups (broad SMARTS) is 1. The van der Waals surface area contributed by atoms with E-state index < -0.39 is 5.97 Å². The van der Waals surface area contributed by atoms with Crippen LogP contribution >= 0.6 is 0 Å². The lowest BCUT2D eigenvalue weighted by molar-refractivity contribution is -0.137. The van der Waals surface area contributed by atoms with Gasteiger partial charge in [-0.25, -0.2) is 4.79 Å². The Morgan fingerprint density at radius 2 is 2.10 bits per heavy atom. The van der Waals surface area contributed by atoms with E-state index in [0.717, 1.165) is 24.2 Å². The zero-order chi connectivity index (χ0) is 15.2. The lowest BCUT2D eigenvalue weighted by Gasteiger charge is -2.22. The molecule has 2 amide bonds. The Balaban J connectivity index is 1.91. The van der Waals surface area contributed by atoms with Crippen molar-refractivity contribution < 1.29 is 19.4 Å². The number of para-hydroxylation sites is 1. The molecule has 2 rings (SSSR count). The first kappa shape index (κ1) is 15.2. The summed E-state index contributed by atoms with van der Waals surface area (Å²) in [7, 11) is 1.59. The van der Waals surface area contributed by atoms with Gasteiger partial charge in [-0.05, 0) is 18.9 Å². The molecule has 0 aromatic heterocycles. The number of carbonyl (C=O) groups excluding carboxylic acids is 1. The SMILES string of the molecule is COc1ccccc1CNC(=O)N(CCC(=O)O)C1CC1. The van der Waals surface area contributed by atoms with Crippen LogP contribution in [0.1, 0.15) is 24.8 Å². The lowest BCUT2D eigenvalue weighted by atomic mass is 10.2. The van der Waals surface area contributed by atoms with Crippen molar-refractivity contribution >= 4 is 12.0 Å². The number of hydrogen-bond donors (Lipinski definition) is 2. The highest BCUT2D eigenvalue weighted by Gasteiger charge is 2.32.